The van der Waals surface area contributed by atoms with Crippen LogP contribution in [0.5, 0.6) is 11.5 Å². The maximum absolute atomic E-state index is 12.5. The van der Waals surface area contributed by atoms with E-state index in [2.05, 4.69) is 5.32 Å². The van der Waals surface area contributed by atoms with Gasteiger partial charge in [0, 0.05) is 42.5 Å². The van der Waals surface area contributed by atoms with Gasteiger partial charge in [-0.05, 0) is 35.7 Å². The Labute approximate surface area is 139 Å². The highest BCUT2D eigenvalue weighted by Crippen LogP contribution is 2.32. The number of carbonyl (C=O) groups excluding carboxylic acids is 1. The molecule has 1 aliphatic rings. The number of anilines is 1. The molecule has 0 atom stereocenters. The van der Waals surface area contributed by atoms with E-state index in [1.807, 2.05) is 54.2 Å². The number of hydrogen-bond acceptors (Lipinski definition) is 3. The minimum absolute atomic E-state index is 0.146. The van der Waals surface area contributed by atoms with Gasteiger partial charge in [-0.3, -0.25) is 4.79 Å². The number of aromatic nitrogens is 1. The fourth-order valence-corrected chi connectivity index (χ4v) is 2.85. The zero-order valence-corrected chi connectivity index (χ0v) is 13.4. The summed E-state index contributed by atoms with van der Waals surface area (Å²) in [5.74, 6) is 1.24. The molecule has 2 heterocycles. The van der Waals surface area contributed by atoms with E-state index in [0.717, 1.165) is 23.1 Å². The van der Waals surface area contributed by atoms with Gasteiger partial charge in [-0.15, -0.1) is 0 Å². The minimum Gasteiger partial charge on any atom is -0.490 e. The lowest BCUT2D eigenvalue weighted by Crippen LogP contribution is -2.12. The van der Waals surface area contributed by atoms with Crippen LogP contribution in [0.1, 0.15) is 16.8 Å². The van der Waals surface area contributed by atoms with Crippen LogP contribution >= 0.6 is 0 Å². The van der Waals surface area contributed by atoms with Crippen molar-refractivity contribution < 1.29 is 14.3 Å². The Morgan fingerprint density at radius 2 is 1.88 bits per heavy atom. The molecule has 4 rings (SSSR count). The van der Waals surface area contributed by atoms with Gasteiger partial charge in [0.2, 0.25) is 0 Å². The number of ether oxygens (including phenoxy) is 2. The second-order valence-electron chi connectivity index (χ2n) is 5.87. The summed E-state index contributed by atoms with van der Waals surface area (Å²) in [7, 11) is 1.97. The molecule has 0 saturated carbocycles. The molecule has 1 amide bonds. The molecule has 0 aliphatic carbocycles. The number of rotatable bonds is 2. The first kappa shape index (κ1) is 14.6. The van der Waals surface area contributed by atoms with E-state index in [0.29, 0.717) is 30.2 Å². The summed E-state index contributed by atoms with van der Waals surface area (Å²) in [6.07, 6.45) is 2.84. The molecule has 122 valence electrons. The van der Waals surface area contributed by atoms with Crippen molar-refractivity contribution in [1.29, 1.82) is 0 Å². The van der Waals surface area contributed by atoms with Crippen LogP contribution in [0.25, 0.3) is 10.9 Å². The second kappa shape index (κ2) is 5.92. The Morgan fingerprint density at radius 3 is 2.75 bits per heavy atom. The molecule has 0 bridgehead atoms. The Balaban J connectivity index is 1.58. The zero-order valence-electron chi connectivity index (χ0n) is 13.4. The topological polar surface area (TPSA) is 52.5 Å². The number of carbonyl (C=O) groups is 1. The van der Waals surface area contributed by atoms with Gasteiger partial charge in [0.15, 0.2) is 11.5 Å². The summed E-state index contributed by atoms with van der Waals surface area (Å²) in [6, 6.07) is 13.2. The van der Waals surface area contributed by atoms with Gasteiger partial charge < -0.3 is 19.4 Å². The molecule has 0 unspecified atom stereocenters. The molecule has 0 spiro atoms. The lowest BCUT2D eigenvalue weighted by atomic mass is 10.1. The fraction of sp³-hybridized carbons (Fsp3) is 0.211. The molecular weight excluding hydrogens is 304 g/mol. The van der Waals surface area contributed by atoms with Crippen molar-refractivity contribution in [2.24, 2.45) is 7.05 Å². The highest BCUT2D eigenvalue weighted by atomic mass is 16.5. The third-order valence-corrected chi connectivity index (χ3v) is 4.16. The van der Waals surface area contributed by atoms with Crippen molar-refractivity contribution in [2.45, 2.75) is 6.42 Å². The third kappa shape index (κ3) is 2.69. The quantitative estimate of drug-likeness (QED) is 0.784. The van der Waals surface area contributed by atoms with Crippen molar-refractivity contribution in [3.63, 3.8) is 0 Å². The largest absolute Gasteiger partial charge is 0.490 e. The molecule has 3 aromatic rings. The van der Waals surface area contributed by atoms with Gasteiger partial charge in [0.25, 0.3) is 5.91 Å². The smallest absolute Gasteiger partial charge is 0.255 e. The van der Waals surface area contributed by atoms with Crippen molar-refractivity contribution in [1.82, 2.24) is 4.57 Å². The summed E-state index contributed by atoms with van der Waals surface area (Å²) in [4.78, 5) is 12.5. The maximum atomic E-state index is 12.5. The summed E-state index contributed by atoms with van der Waals surface area (Å²) >= 11 is 0. The first-order valence-electron chi connectivity index (χ1n) is 7.97. The van der Waals surface area contributed by atoms with Gasteiger partial charge in [-0.1, -0.05) is 6.07 Å². The second-order valence-corrected chi connectivity index (χ2v) is 5.87. The number of aryl methyl sites for hydroxylation is 1. The molecule has 24 heavy (non-hydrogen) atoms. The molecule has 0 saturated heterocycles. The highest BCUT2D eigenvalue weighted by Gasteiger charge is 2.13. The molecule has 1 aliphatic heterocycles. The van der Waals surface area contributed by atoms with E-state index >= 15 is 0 Å². The van der Waals surface area contributed by atoms with Gasteiger partial charge in [-0.2, -0.15) is 0 Å². The average molecular weight is 322 g/mol. The van der Waals surface area contributed by atoms with Gasteiger partial charge in [0.05, 0.1) is 13.2 Å². The molecule has 1 N–H and O–H groups in total. The normalized spacial score (nSPS) is 13.5. The molecule has 0 fully saturated rings. The Bertz CT molecular complexity index is 914. The molecular formula is C19H18N2O3. The van der Waals surface area contributed by atoms with Crippen LogP contribution in [0.4, 0.5) is 5.69 Å². The number of fused-ring (bicyclic) bond motifs is 2. The van der Waals surface area contributed by atoms with Crippen LogP contribution in [0.15, 0.2) is 48.7 Å². The van der Waals surface area contributed by atoms with Gasteiger partial charge in [-0.25, -0.2) is 0 Å². The molecule has 1 aromatic heterocycles. The Kier molecular flexibility index (Phi) is 3.61. The Hall–Kier alpha value is -2.95. The SMILES string of the molecule is Cn1ccc2ccc(C(=O)Nc3ccc4c(c3)OCCCO4)cc21. The van der Waals surface area contributed by atoms with E-state index in [1.165, 1.54) is 0 Å². The summed E-state index contributed by atoms with van der Waals surface area (Å²) in [5, 5.41) is 4.04. The van der Waals surface area contributed by atoms with Crippen LogP contribution in [-0.4, -0.2) is 23.7 Å². The van der Waals surface area contributed by atoms with Crippen LogP contribution in [0, 0.1) is 0 Å². The highest BCUT2D eigenvalue weighted by molar-refractivity contribution is 6.06. The molecule has 5 nitrogen and oxygen atoms in total. The molecule has 5 heteroatoms. The monoisotopic (exact) mass is 322 g/mol. The van der Waals surface area contributed by atoms with Crippen molar-refractivity contribution >= 4 is 22.5 Å². The third-order valence-electron chi connectivity index (χ3n) is 4.16. The van der Waals surface area contributed by atoms with E-state index in [1.54, 1.807) is 6.07 Å². The van der Waals surface area contributed by atoms with E-state index in [-0.39, 0.29) is 5.91 Å². The van der Waals surface area contributed by atoms with E-state index < -0.39 is 0 Å². The van der Waals surface area contributed by atoms with Crippen molar-refractivity contribution in [3.05, 3.63) is 54.2 Å². The lowest BCUT2D eigenvalue weighted by molar-refractivity contribution is 0.102. The number of benzene rings is 2. The summed E-state index contributed by atoms with van der Waals surface area (Å²) in [5.41, 5.74) is 2.34. The van der Waals surface area contributed by atoms with Gasteiger partial charge in [0.1, 0.15) is 0 Å². The fourth-order valence-electron chi connectivity index (χ4n) is 2.85. The number of nitrogens with one attached hydrogen (secondary N) is 1. The van der Waals surface area contributed by atoms with Crippen molar-refractivity contribution in [3.8, 4) is 11.5 Å². The molecule has 0 radical (unpaired) electrons. The number of nitrogens with zero attached hydrogens (tertiary/aromatic N) is 1. The average Bonchev–Trinajstić information content (AvgIpc) is 2.81. The minimum atomic E-state index is -0.146. The van der Waals surface area contributed by atoms with Crippen molar-refractivity contribution in [2.75, 3.05) is 18.5 Å². The Morgan fingerprint density at radius 1 is 1.04 bits per heavy atom. The summed E-state index contributed by atoms with van der Waals surface area (Å²) < 4.78 is 13.3. The van der Waals surface area contributed by atoms with Crippen LogP contribution in [0.3, 0.4) is 0 Å². The number of hydrogen-bond donors (Lipinski definition) is 1. The van der Waals surface area contributed by atoms with Crippen LogP contribution in [0.2, 0.25) is 0 Å². The first-order valence-corrected chi connectivity index (χ1v) is 7.97. The standard InChI is InChI=1S/C19H18N2O3/c1-21-8-7-13-3-4-14(11-16(13)21)19(22)20-15-5-6-17-18(12-15)24-10-2-9-23-17/h3-8,11-12H,2,9-10H2,1H3,(H,20,22). The lowest BCUT2D eigenvalue weighted by Gasteiger charge is -2.10. The predicted octanol–water partition coefficient (Wildman–Crippen LogP) is 3.59. The van der Waals surface area contributed by atoms with Crippen LogP contribution < -0.4 is 14.8 Å². The van der Waals surface area contributed by atoms with E-state index in [9.17, 15) is 4.79 Å². The zero-order chi connectivity index (χ0) is 16.5. The maximum Gasteiger partial charge on any atom is 0.255 e. The predicted molar refractivity (Wildman–Crippen MR) is 92.9 cm³/mol. The van der Waals surface area contributed by atoms with E-state index in [4.69, 9.17) is 9.47 Å². The molecule has 2 aromatic carbocycles. The van der Waals surface area contributed by atoms with Crippen LogP contribution in [-0.2, 0) is 7.05 Å². The first-order chi connectivity index (χ1) is 11.7. The number of amides is 1. The summed E-state index contributed by atoms with van der Waals surface area (Å²) in [6.45, 7) is 1.27. The van der Waals surface area contributed by atoms with Gasteiger partial charge >= 0.3 is 0 Å².